The summed E-state index contributed by atoms with van der Waals surface area (Å²) in [4.78, 5) is 21.9. The van der Waals surface area contributed by atoms with Gasteiger partial charge in [0.1, 0.15) is 6.10 Å². The van der Waals surface area contributed by atoms with E-state index in [9.17, 15) is 14.9 Å². The van der Waals surface area contributed by atoms with Gasteiger partial charge in [-0.1, -0.05) is 0 Å². The van der Waals surface area contributed by atoms with Crippen molar-refractivity contribution in [2.45, 2.75) is 20.0 Å². The number of ether oxygens (including phenoxy) is 2. The minimum Gasteiger partial charge on any atom is -0.457 e. The van der Waals surface area contributed by atoms with Crippen LogP contribution in [0.1, 0.15) is 22.8 Å². The fraction of sp³-hybridized carbons (Fsp3) is 0.417. The van der Waals surface area contributed by atoms with Gasteiger partial charge in [0.2, 0.25) is 0 Å². The Hall–Kier alpha value is -1.95. The van der Waals surface area contributed by atoms with Crippen molar-refractivity contribution >= 4 is 11.7 Å². The van der Waals surface area contributed by atoms with E-state index in [4.69, 9.17) is 9.47 Å². The lowest BCUT2D eigenvalue weighted by Crippen LogP contribution is -2.20. The average Bonchev–Trinajstić information content (AvgIpc) is 2.28. The third-order valence-electron chi connectivity index (χ3n) is 2.35. The summed E-state index contributed by atoms with van der Waals surface area (Å²) in [6.07, 6.45) is -0.364. The van der Waals surface area contributed by atoms with E-state index >= 15 is 0 Å². The number of nitrogens with zero attached hydrogens (tertiary/aromatic N) is 1. The van der Waals surface area contributed by atoms with Crippen LogP contribution in [-0.2, 0) is 9.47 Å². The summed E-state index contributed by atoms with van der Waals surface area (Å²) in [5.74, 6) is -0.507. The Kier molecular flexibility index (Phi) is 4.79. The van der Waals surface area contributed by atoms with E-state index in [0.717, 1.165) is 0 Å². The predicted octanol–water partition coefficient (Wildman–Crippen LogP) is 2.09. The van der Waals surface area contributed by atoms with Gasteiger partial charge in [-0.25, -0.2) is 4.79 Å². The van der Waals surface area contributed by atoms with Crippen LogP contribution < -0.4 is 0 Å². The van der Waals surface area contributed by atoms with Gasteiger partial charge in [0.15, 0.2) is 0 Å². The van der Waals surface area contributed by atoms with E-state index in [-0.39, 0.29) is 11.8 Å². The zero-order chi connectivity index (χ0) is 13.7. The van der Waals surface area contributed by atoms with Gasteiger partial charge in [0, 0.05) is 19.2 Å². The number of nitro groups is 1. The van der Waals surface area contributed by atoms with Crippen LogP contribution in [0.25, 0.3) is 0 Å². The molecule has 0 N–H and O–H groups in total. The monoisotopic (exact) mass is 253 g/mol. The minimum atomic E-state index is -0.507. The number of hydrogen-bond donors (Lipinski definition) is 0. The van der Waals surface area contributed by atoms with Gasteiger partial charge in [-0.3, -0.25) is 10.1 Å². The van der Waals surface area contributed by atoms with Crippen molar-refractivity contribution in [2.24, 2.45) is 0 Å². The lowest BCUT2D eigenvalue weighted by atomic mass is 10.1. The first-order valence-electron chi connectivity index (χ1n) is 5.40. The van der Waals surface area contributed by atoms with Gasteiger partial charge >= 0.3 is 5.97 Å². The summed E-state index contributed by atoms with van der Waals surface area (Å²) in [5.41, 5.74) is 0.788. The molecule has 98 valence electrons. The van der Waals surface area contributed by atoms with Crippen LogP contribution in [0.4, 0.5) is 5.69 Å². The highest BCUT2D eigenvalue weighted by Crippen LogP contribution is 2.18. The summed E-state index contributed by atoms with van der Waals surface area (Å²) in [6.45, 7) is 3.64. The van der Waals surface area contributed by atoms with Crippen molar-refractivity contribution in [3.05, 3.63) is 39.4 Å². The molecule has 1 aromatic rings. The van der Waals surface area contributed by atoms with Crippen molar-refractivity contribution in [3.8, 4) is 0 Å². The fourth-order valence-electron chi connectivity index (χ4n) is 1.51. The second kappa shape index (κ2) is 6.11. The van der Waals surface area contributed by atoms with Crippen molar-refractivity contribution < 1.29 is 19.2 Å². The topological polar surface area (TPSA) is 78.7 Å². The highest BCUT2D eigenvalue weighted by atomic mass is 16.6. The molecular formula is C12H15NO5. The molecule has 0 heterocycles. The first-order chi connectivity index (χ1) is 8.45. The molecule has 18 heavy (non-hydrogen) atoms. The maximum Gasteiger partial charge on any atom is 0.338 e. The number of hydrogen-bond acceptors (Lipinski definition) is 5. The van der Waals surface area contributed by atoms with Crippen molar-refractivity contribution in [3.63, 3.8) is 0 Å². The molecule has 1 aromatic carbocycles. The molecule has 0 saturated carbocycles. The zero-order valence-corrected chi connectivity index (χ0v) is 10.5. The van der Waals surface area contributed by atoms with Crippen LogP contribution in [0.3, 0.4) is 0 Å². The number of nitro benzene ring substituents is 1. The number of benzene rings is 1. The van der Waals surface area contributed by atoms with Gasteiger partial charge in [-0.05, 0) is 25.5 Å². The predicted molar refractivity (Wildman–Crippen MR) is 64.6 cm³/mol. The van der Waals surface area contributed by atoms with E-state index in [1.54, 1.807) is 13.8 Å². The number of carbonyl (C=O) groups is 1. The first kappa shape index (κ1) is 14.1. The normalized spacial score (nSPS) is 11.9. The first-order valence-corrected chi connectivity index (χ1v) is 5.40. The standard InChI is InChI=1S/C12H15NO5/c1-8-6-10(13(15)16)4-5-11(8)12(14)18-9(2)7-17-3/h4-6,9H,7H2,1-3H3/t9-/m1/s1. The van der Waals surface area contributed by atoms with E-state index in [1.807, 2.05) is 0 Å². The number of esters is 1. The van der Waals surface area contributed by atoms with Gasteiger partial charge in [-0.2, -0.15) is 0 Å². The van der Waals surface area contributed by atoms with Gasteiger partial charge < -0.3 is 9.47 Å². The average molecular weight is 253 g/mol. The molecule has 6 nitrogen and oxygen atoms in total. The van der Waals surface area contributed by atoms with Gasteiger partial charge in [0.25, 0.3) is 5.69 Å². The maximum atomic E-state index is 11.8. The van der Waals surface area contributed by atoms with Crippen molar-refractivity contribution in [2.75, 3.05) is 13.7 Å². The zero-order valence-electron chi connectivity index (χ0n) is 10.5. The summed E-state index contributed by atoms with van der Waals surface area (Å²) in [7, 11) is 1.52. The molecule has 0 fully saturated rings. The molecule has 0 unspecified atom stereocenters. The smallest absolute Gasteiger partial charge is 0.338 e. The Morgan fingerprint density at radius 3 is 2.67 bits per heavy atom. The summed E-state index contributed by atoms with van der Waals surface area (Å²) < 4.78 is 9.98. The molecular weight excluding hydrogens is 238 g/mol. The quantitative estimate of drug-likeness (QED) is 0.456. The van der Waals surface area contributed by atoms with Gasteiger partial charge in [0.05, 0.1) is 17.1 Å². The summed E-state index contributed by atoms with van der Waals surface area (Å²) >= 11 is 0. The molecule has 0 amide bonds. The third kappa shape index (κ3) is 3.53. The molecule has 0 aliphatic carbocycles. The van der Waals surface area contributed by atoms with Crippen LogP contribution in [0, 0.1) is 17.0 Å². The Balaban J connectivity index is 2.84. The van der Waals surface area contributed by atoms with Crippen LogP contribution in [0.2, 0.25) is 0 Å². The minimum absolute atomic E-state index is 0.0472. The second-order valence-corrected chi connectivity index (χ2v) is 3.93. The van der Waals surface area contributed by atoms with Gasteiger partial charge in [-0.15, -0.1) is 0 Å². The molecule has 0 aliphatic heterocycles. The lowest BCUT2D eigenvalue weighted by molar-refractivity contribution is -0.384. The largest absolute Gasteiger partial charge is 0.457 e. The Bertz CT molecular complexity index is 458. The lowest BCUT2D eigenvalue weighted by Gasteiger charge is -2.13. The van der Waals surface area contributed by atoms with Crippen LogP contribution >= 0.6 is 0 Å². The number of methoxy groups -OCH3 is 1. The molecule has 6 heteroatoms. The third-order valence-corrected chi connectivity index (χ3v) is 2.35. The maximum absolute atomic E-state index is 11.8. The number of rotatable bonds is 5. The summed E-state index contributed by atoms with van der Waals surface area (Å²) in [6, 6.07) is 4.03. The molecule has 1 atom stereocenters. The highest BCUT2D eigenvalue weighted by Gasteiger charge is 2.16. The van der Waals surface area contributed by atoms with E-state index in [1.165, 1.54) is 25.3 Å². The second-order valence-electron chi connectivity index (χ2n) is 3.93. The summed E-state index contributed by atoms with van der Waals surface area (Å²) in [5, 5.41) is 10.6. The van der Waals surface area contributed by atoms with E-state index in [0.29, 0.717) is 17.7 Å². The Morgan fingerprint density at radius 1 is 1.50 bits per heavy atom. The fourth-order valence-corrected chi connectivity index (χ4v) is 1.51. The van der Waals surface area contributed by atoms with Crippen molar-refractivity contribution in [1.82, 2.24) is 0 Å². The van der Waals surface area contributed by atoms with Crippen molar-refractivity contribution in [1.29, 1.82) is 0 Å². The Morgan fingerprint density at radius 2 is 2.17 bits per heavy atom. The molecule has 0 saturated heterocycles. The Labute approximate surface area is 105 Å². The molecule has 0 aliphatic rings. The van der Waals surface area contributed by atoms with E-state index < -0.39 is 10.9 Å². The SMILES string of the molecule is COC[C@@H](C)OC(=O)c1ccc([N+](=O)[O-])cc1C. The molecule has 1 rings (SSSR count). The van der Waals surface area contributed by atoms with Crippen LogP contribution in [-0.4, -0.2) is 30.7 Å². The number of aryl methyl sites for hydroxylation is 1. The van der Waals surface area contributed by atoms with Crippen LogP contribution in [0.5, 0.6) is 0 Å². The highest BCUT2D eigenvalue weighted by molar-refractivity contribution is 5.91. The van der Waals surface area contributed by atoms with E-state index in [2.05, 4.69) is 0 Å². The number of non-ortho nitro benzene ring substituents is 1. The molecule has 0 aromatic heterocycles. The molecule has 0 radical (unpaired) electrons. The molecule has 0 bridgehead atoms. The number of carbonyl (C=O) groups excluding carboxylic acids is 1. The molecule has 0 spiro atoms. The van der Waals surface area contributed by atoms with Crippen LogP contribution in [0.15, 0.2) is 18.2 Å².